The topological polar surface area (TPSA) is 95.9 Å². The molecule has 0 aliphatic rings. The molecule has 0 spiro atoms. The van der Waals surface area contributed by atoms with Crippen LogP contribution < -0.4 is 5.32 Å². The van der Waals surface area contributed by atoms with Crippen LogP contribution in [0.15, 0.2) is 24.3 Å². The van der Waals surface area contributed by atoms with Gasteiger partial charge in [0.2, 0.25) is 0 Å². The first-order valence-corrected chi connectivity index (χ1v) is 6.17. The van der Waals surface area contributed by atoms with E-state index in [9.17, 15) is 14.7 Å². The van der Waals surface area contributed by atoms with Gasteiger partial charge in [-0.25, -0.2) is 4.79 Å². The molecule has 0 radical (unpaired) electrons. The second kappa shape index (κ2) is 6.27. The molecule has 20 heavy (non-hydrogen) atoms. The van der Waals surface area contributed by atoms with Gasteiger partial charge in [0.25, 0.3) is 0 Å². The first kappa shape index (κ1) is 15.8. The van der Waals surface area contributed by atoms with E-state index >= 15 is 0 Å². The quantitative estimate of drug-likeness (QED) is 0.787. The molecule has 0 saturated carbocycles. The molecule has 0 bridgehead atoms. The van der Waals surface area contributed by atoms with Gasteiger partial charge in [0.1, 0.15) is 11.4 Å². The molecule has 1 amide bonds. The number of phenolic OH excluding ortho intramolecular Hbond substituents is 1. The fourth-order valence-electron chi connectivity index (χ4n) is 1.62. The van der Waals surface area contributed by atoms with Crippen LogP contribution in [0.3, 0.4) is 0 Å². The number of aliphatic carboxylic acids is 1. The summed E-state index contributed by atoms with van der Waals surface area (Å²) in [5.74, 6) is -1.06. The Kier molecular flexibility index (Phi) is 4.96. The van der Waals surface area contributed by atoms with Crippen molar-refractivity contribution in [2.75, 3.05) is 0 Å². The van der Waals surface area contributed by atoms with Crippen LogP contribution in [0.2, 0.25) is 0 Å². The number of amides is 1. The standard InChI is InChI=1S/C14H19NO5/c1-14(2,3)20-13(19)15-11(8-12(17)18)9-5-4-6-10(16)7-9/h4-7,11,16H,8H2,1-3H3,(H,15,19)(H,17,18)/t11-/m1/s1. The molecule has 0 fully saturated rings. The van der Waals surface area contributed by atoms with Crippen LogP contribution in [0.5, 0.6) is 5.75 Å². The van der Waals surface area contributed by atoms with E-state index in [1.165, 1.54) is 12.1 Å². The lowest BCUT2D eigenvalue weighted by molar-refractivity contribution is -0.137. The maximum Gasteiger partial charge on any atom is 0.408 e. The van der Waals surface area contributed by atoms with Gasteiger partial charge in [-0.15, -0.1) is 0 Å². The average molecular weight is 281 g/mol. The van der Waals surface area contributed by atoms with E-state index < -0.39 is 23.7 Å². The van der Waals surface area contributed by atoms with Crippen molar-refractivity contribution in [3.8, 4) is 5.75 Å². The van der Waals surface area contributed by atoms with Crippen molar-refractivity contribution in [3.05, 3.63) is 29.8 Å². The number of carbonyl (C=O) groups is 2. The van der Waals surface area contributed by atoms with Gasteiger partial charge in [-0.2, -0.15) is 0 Å². The zero-order chi connectivity index (χ0) is 15.3. The molecule has 0 aromatic heterocycles. The van der Waals surface area contributed by atoms with Crippen molar-refractivity contribution in [2.45, 2.75) is 38.8 Å². The highest BCUT2D eigenvalue weighted by atomic mass is 16.6. The number of carboxylic acid groups (broad SMARTS) is 1. The number of hydrogen-bond donors (Lipinski definition) is 3. The number of nitrogens with one attached hydrogen (secondary N) is 1. The molecule has 1 aromatic rings. The number of aromatic hydroxyl groups is 1. The third-order valence-electron chi connectivity index (χ3n) is 2.34. The van der Waals surface area contributed by atoms with Crippen LogP contribution in [0.1, 0.15) is 38.8 Å². The molecule has 0 aliphatic heterocycles. The van der Waals surface area contributed by atoms with Crippen LogP contribution in [-0.4, -0.2) is 27.9 Å². The minimum Gasteiger partial charge on any atom is -0.508 e. The third-order valence-corrected chi connectivity index (χ3v) is 2.34. The second-order valence-corrected chi connectivity index (χ2v) is 5.39. The van der Waals surface area contributed by atoms with Crippen molar-refractivity contribution >= 4 is 12.1 Å². The van der Waals surface area contributed by atoms with E-state index in [0.717, 1.165) is 0 Å². The van der Waals surface area contributed by atoms with Crippen LogP contribution in [0.25, 0.3) is 0 Å². The summed E-state index contributed by atoms with van der Waals surface area (Å²) in [6.07, 6.45) is -1.00. The minimum atomic E-state index is -1.06. The van der Waals surface area contributed by atoms with Gasteiger partial charge in [0.05, 0.1) is 12.5 Å². The Bertz CT molecular complexity index is 493. The van der Waals surface area contributed by atoms with Gasteiger partial charge in [-0.3, -0.25) is 4.79 Å². The molecule has 1 rings (SSSR count). The van der Waals surface area contributed by atoms with Crippen LogP contribution >= 0.6 is 0 Å². The first-order chi connectivity index (χ1) is 9.17. The molecule has 1 atom stereocenters. The molecule has 0 aliphatic carbocycles. The SMILES string of the molecule is CC(C)(C)OC(=O)N[C@H](CC(=O)O)c1cccc(O)c1. The molecular weight excluding hydrogens is 262 g/mol. The third kappa shape index (κ3) is 5.60. The monoisotopic (exact) mass is 281 g/mol. The summed E-state index contributed by atoms with van der Waals surface area (Å²) in [6, 6.07) is 5.32. The highest BCUT2D eigenvalue weighted by Crippen LogP contribution is 2.21. The number of hydrogen-bond acceptors (Lipinski definition) is 4. The second-order valence-electron chi connectivity index (χ2n) is 5.39. The fourth-order valence-corrected chi connectivity index (χ4v) is 1.62. The zero-order valence-electron chi connectivity index (χ0n) is 11.7. The Morgan fingerprint density at radius 1 is 1.35 bits per heavy atom. The van der Waals surface area contributed by atoms with Gasteiger partial charge in [-0.05, 0) is 38.5 Å². The van der Waals surface area contributed by atoms with Crippen LogP contribution in [0, 0.1) is 0 Å². The zero-order valence-corrected chi connectivity index (χ0v) is 11.7. The molecule has 6 nitrogen and oxygen atoms in total. The number of carbonyl (C=O) groups excluding carboxylic acids is 1. The number of benzene rings is 1. The Balaban J connectivity index is 2.85. The van der Waals surface area contributed by atoms with E-state index in [-0.39, 0.29) is 12.2 Å². The predicted octanol–water partition coefficient (Wildman–Crippen LogP) is 2.43. The number of carboxylic acids is 1. The van der Waals surface area contributed by atoms with E-state index in [1.807, 2.05) is 0 Å². The summed E-state index contributed by atoms with van der Waals surface area (Å²) in [4.78, 5) is 22.6. The van der Waals surface area contributed by atoms with Gasteiger partial charge < -0.3 is 20.3 Å². The molecule has 0 unspecified atom stereocenters. The largest absolute Gasteiger partial charge is 0.508 e. The summed E-state index contributed by atoms with van der Waals surface area (Å²) in [5.41, 5.74) is -0.172. The van der Waals surface area contributed by atoms with Crippen molar-refractivity contribution in [3.63, 3.8) is 0 Å². The molecule has 0 saturated heterocycles. The van der Waals surface area contributed by atoms with Gasteiger partial charge >= 0.3 is 12.1 Å². The van der Waals surface area contributed by atoms with E-state index in [4.69, 9.17) is 9.84 Å². The van der Waals surface area contributed by atoms with Gasteiger partial charge in [0, 0.05) is 0 Å². The summed E-state index contributed by atoms with van der Waals surface area (Å²) >= 11 is 0. The highest BCUT2D eigenvalue weighted by molar-refractivity contribution is 5.72. The molecule has 1 aromatic carbocycles. The maximum absolute atomic E-state index is 11.7. The number of phenols is 1. The van der Waals surface area contributed by atoms with E-state index in [0.29, 0.717) is 5.56 Å². The van der Waals surface area contributed by atoms with Crippen LogP contribution in [-0.2, 0) is 9.53 Å². The lowest BCUT2D eigenvalue weighted by Crippen LogP contribution is -2.35. The summed E-state index contributed by atoms with van der Waals surface area (Å²) in [5, 5.41) is 20.8. The van der Waals surface area contributed by atoms with Crippen LogP contribution in [0.4, 0.5) is 4.79 Å². The predicted molar refractivity (Wildman–Crippen MR) is 72.5 cm³/mol. The number of rotatable bonds is 4. The Morgan fingerprint density at radius 3 is 2.50 bits per heavy atom. The number of alkyl carbamates (subject to hydrolysis) is 1. The smallest absolute Gasteiger partial charge is 0.408 e. The maximum atomic E-state index is 11.7. The Labute approximate surface area is 117 Å². The van der Waals surface area contributed by atoms with Crippen molar-refractivity contribution in [1.29, 1.82) is 0 Å². The van der Waals surface area contributed by atoms with Gasteiger partial charge in [0.15, 0.2) is 0 Å². The van der Waals surface area contributed by atoms with Crippen molar-refractivity contribution in [1.82, 2.24) is 5.32 Å². The normalized spacial score (nSPS) is 12.6. The minimum absolute atomic E-state index is 0.00359. The lowest BCUT2D eigenvalue weighted by Gasteiger charge is -2.23. The summed E-state index contributed by atoms with van der Waals surface area (Å²) < 4.78 is 5.10. The fraction of sp³-hybridized carbons (Fsp3) is 0.429. The molecule has 110 valence electrons. The van der Waals surface area contributed by atoms with Crippen molar-refractivity contribution < 1.29 is 24.5 Å². The highest BCUT2D eigenvalue weighted by Gasteiger charge is 2.22. The molecule has 6 heteroatoms. The first-order valence-electron chi connectivity index (χ1n) is 6.17. The van der Waals surface area contributed by atoms with Crippen molar-refractivity contribution in [2.24, 2.45) is 0 Å². The lowest BCUT2D eigenvalue weighted by atomic mass is 10.0. The number of ether oxygens (including phenoxy) is 1. The molecule has 0 heterocycles. The Morgan fingerprint density at radius 2 is 2.00 bits per heavy atom. The summed E-state index contributed by atoms with van der Waals surface area (Å²) in [7, 11) is 0. The van der Waals surface area contributed by atoms with E-state index in [1.54, 1.807) is 32.9 Å². The van der Waals surface area contributed by atoms with Gasteiger partial charge in [-0.1, -0.05) is 12.1 Å². The van der Waals surface area contributed by atoms with E-state index in [2.05, 4.69) is 5.32 Å². The summed E-state index contributed by atoms with van der Waals surface area (Å²) in [6.45, 7) is 5.15. The molecule has 3 N–H and O–H groups in total. The Hall–Kier alpha value is -2.24. The molecular formula is C14H19NO5. The average Bonchev–Trinajstić information content (AvgIpc) is 2.24.